The fraction of sp³-hybridized carbons (Fsp3) is 0. The second-order valence-electron chi connectivity index (χ2n) is 5.78. The molecule has 3 nitrogen and oxygen atoms in total. The summed E-state index contributed by atoms with van der Waals surface area (Å²) in [5.41, 5.74) is 2.90. The van der Waals surface area contributed by atoms with Gasteiger partial charge in [0.05, 0.1) is 16.8 Å². The van der Waals surface area contributed by atoms with Crippen LogP contribution in [-0.4, -0.2) is 11.0 Å². The Kier molecular flexibility index (Phi) is 4.38. The average Bonchev–Trinajstić information content (AvgIpc) is 2.69. The Morgan fingerprint density at radius 1 is 0.846 bits per heavy atom. The normalized spacial score (nSPS) is 10.7. The summed E-state index contributed by atoms with van der Waals surface area (Å²) in [6.07, 6.45) is 0. The Hall–Kier alpha value is -3.17. The van der Waals surface area contributed by atoms with Gasteiger partial charge in [-0.25, -0.2) is 9.78 Å². The number of para-hydroxylation sites is 1. The third-order valence-corrected chi connectivity index (χ3v) is 4.28. The Morgan fingerprint density at radius 2 is 1.54 bits per heavy atom. The number of carbonyl (C=O) groups excluding carboxylic acids is 1. The van der Waals surface area contributed by atoms with Crippen molar-refractivity contribution in [1.29, 1.82) is 0 Å². The summed E-state index contributed by atoms with van der Waals surface area (Å²) in [5.74, 6) is 0.0182. The fourth-order valence-electron chi connectivity index (χ4n) is 2.77. The van der Waals surface area contributed by atoms with Gasteiger partial charge in [-0.05, 0) is 36.4 Å². The second kappa shape index (κ2) is 6.98. The van der Waals surface area contributed by atoms with Crippen LogP contribution in [0.3, 0.4) is 0 Å². The van der Waals surface area contributed by atoms with Crippen molar-refractivity contribution in [1.82, 2.24) is 4.98 Å². The lowest BCUT2D eigenvalue weighted by molar-refractivity contribution is 0.0737. The highest BCUT2D eigenvalue weighted by molar-refractivity contribution is 6.30. The summed E-state index contributed by atoms with van der Waals surface area (Å²) < 4.78 is 5.53. The molecule has 0 aliphatic carbocycles. The number of fused-ring (bicyclic) bond motifs is 1. The van der Waals surface area contributed by atoms with Crippen molar-refractivity contribution >= 4 is 28.5 Å². The van der Waals surface area contributed by atoms with Crippen LogP contribution in [0.1, 0.15) is 10.4 Å². The molecule has 0 spiro atoms. The third-order valence-electron chi connectivity index (χ3n) is 4.03. The van der Waals surface area contributed by atoms with Gasteiger partial charge in [0.1, 0.15) is 5.75 Å². The van der Waals surface area contributed by atoms with Crippen molar-refractivity contribution in [3.8, 4) is 17.0 Å². The maximum absolute atomic E-state index is 12.8. The molecule has 1 heterocycles. The van der Waals surface area contributed by atoms with E-state index in [-0.39, 0.29) is 0 Å². The van der Waals surface area contributed by atoms with E-state index in [0.717, 1.165) is 22.2 Å². The third kappa shape index (κ3) is 3.30. The summed E-state index contributed by atoms with van der Waals surface area (Å²) in [4.78, 5) is 17.5. The Morgan fingerprint density at radius 3 is 2.31 bits per heavy atom. The minimum absolute atomic E-state index is 0.428. The molecule has 0 unspecified atom stereocenters. The van der Waals surface area contributed by atoms with E-state index >= 15 is 0 Å². The molecule has 0 bridgehead atoms. The molecule has 26 heavy (non-hydrogen) atoms. The molecular weight excluding hydrogens is 346 g/mol. The molecule has 0 amide bonds. The molecule has 0 N–H and O–H groups in total. The maximum atomic E-state index is 12.8. The van der Waals surface area contributed by atoms with E-state index in [1.807, 2.05) is 54.6 Å². The van der Waals surface area contributed by atoms with Crippen molar-refractivity contribution in [3.63, 3.8) is 0 Å². The van der Waals surface area contributed by atoms with Gasteiger partial charge in [0.15, 0.2) is 0 Å². The van der Waals surface area contributed by atoms with Gasteiger partial charge in [-0.2, -0.15) is 0 Å². The van der Waals surface area contributed by atoms with Gasteiger partial charge in [-0.15, -0.1) is 0 Å². The molecule has 3 aromatic carbocycles. The quantitative estimate of drug-likeness (QED) is 0.344. The molecule has 0 radical (unpaired) electrons. The lowest BCUT2D eigenvalue weighted by atomic mass is 10.0. The number of pyridine rings is 1. The number of hydrogen-bond donors (Lipinski definition) is 0. The number of rotatable bonds is 3. The van der Waals surface area contributed by atoms with Crippen molar-refractivity contribution in [3.05, 3.63) is 95.5 Å². The molecule has 126 valence electrons. The highest BCUT2D eigenvalue weighted by atomic mass is 35.5. The summed E-state index contributed by atoms with van der Waals surface area (Å²) in [6, 6.07) is 25.8. The molecule has 4 heteroatoms. The lowest BCUT2D eigenvalue weighted by Crippen LogP contribution is -2.10. The monoisotopic (exact) mass is 359 g/mol. The summed E-state index contributed by atoms with van der Waals surface area (Å²) >= 11 is 5.88. The van der Waals surface area contributed by atoms with E-state index in [9.17, 15) is 4.79 Å². The van der Waals surface area contributed by atoms with Crippen LogP contribution < -0.4 is 4.74 Å². The molecule has 0 aliphatic rings. The first-order valence-electron chi connectivity index (χ1n) is 8.14. The van der Waals surface area contributed by atoms with Crippen molar-refractivity contribution < 1.29 is 9.53 Å². The van der Waals surface area contributed by atoms with Crippen LogP contribution in [0.25, 0.3) is 22.2 Å². The first-order valence-corrected chi connectivity index (χ1v) is 8.51. The number of esters is 1. The Labute approximate surface area is 155 Å². The molecule has 0 aliphatic heterocycles. The molecule has 0 saturated heterocycles. The first kappa shape index (κ1) is 16.3. The van der Waals surface area contributed by atoms with E-state index in [1.54, 1.807) is 30.3 Å². The summed E-state index contributed by atoms with van der Waals surface area (Å²) in [7, 11) is 0. The number of aromatic nitrogens is 1. The zero-order chi connectivity index (χ0) is 17.9. The maximum Gasteiger partial charge on any atom is 0.344 e. The van der Waals surface area contributed by atoms with Crippen LogP contribution >= 0.6 is 11.6 Å². The largest absolute Gasteiger partial charge is 0.423 e. The van der Waals surface area contributed by atoms with E-state index in [4.69, 9.17) is 16.3 Å². The Bertz CT molecular complexity index is 1080. The average molecular weight is 360 g/mol. The number of hydrogen-bond acceptors (Lipinski definition) is 3. The minimum atomic E-state index is -0.428. The van der Waals surface area contributed by atoms with Gasteiger partial charge >= 0.3 is 5.97 Å². The smallest absolute Gasteiger partial charge is 0.344 e. The molecule has 0 fully saturated rings. The van der Waals surface area contributed by atoms with Gasteiger partial charge < -0.3 is 4.74 Å². The molecule has 0 saturated carbocycles. The van der Waals surface area contributed by atoms with E-state index in [0.29, 0.717) is 16.3 Å². The van der Waals surface area contributed by atoms with Crippen molar-refractivity contribution in [2.24, 2.45) is 0 Å². The van der Waals surface area contributed by atoms with Crippen molar-refractivity contribution in [2.75, 3.05) is 0 Å². The molecule has 0 atom stereocenters. The van der Waals surface area contributed by atoms with Gasteiger partial charge in [-0.1, -0.05) is 60.1 Å². The first-order chi connectivity index (χ1) is 12.7. The Balaban J connectivity index is 1.79. The molecule has 4 aromatic rings. The minimum Gasteiger partial charge on any atom is -0.423 e. The van der Waals surface area contributed by atoms with Crippen LogP contribution in [-0.2, 0) is 0 Å². The van der Waals surface area contributed by atoms with E-state index < -0.39 is 5.97 Å². The molecule has 1 aromatic heterocycles. The molecule has 4 rings (SSSR count). The zero-order valence-corrected chi connectivity index (χ0v) is 14.5. The number of nitrogens with zero attached hydrogens (tertiary/aromatic N) is 1. The van der Waals surface area contributed by atoms with Crippen LogP contribution in [0.5, 0.6) is 5.75 Å². The van der Waals surface area contributed by atoms with Crippen LogP contribution in [0, 0.1) is 0 Å². The highest BCUT2D eigenvalue weighted by Crippen LogP contribution is 2.26. The number of ether oxygens (including phenoxy) is 1. The number of halogens is 1. The summed E-state index contributed by atoms with van der Waals surface area (Å²) in [5, 5.41) is 1.34. The van der Waals surface area contributed by atoms with Crippen molar-refractivity contribution in [2.45, 2.75) is 0 Å². The van der Waals surface area contributed by atoms with Gasteiger partial charge in [0, 0.05) is 16.0 Å². The van der Waals surface area contributed by atoms with E-state index in [2.05, 4.69) is 4.98 Å². The standard InChI is InChI=1S/C22H14ClNO2/c23-16-10-12-17(13-11-16)26-22(25)19-14-21(15-6-2-1-3-7-15)24-20-9-5-4-8-18(19)20/h1-14H. The van der Waals surface area contributed by atoms with Crippen LogP contribution in [0.4, 0.5) is 0 Å². The SMILES string of the molecule is O=C(Oc1ccc(Cl)cc1)c1cc(-c2ccccc2)nc2ccccc12. The second-order valence-corrected chi connectivity index (χ2v) is 6.22. The number of benzene rings is 3. The fourth-order valence-corrected chi connectivity index (χ4v) is 2.89. The predicted octanol–water partition coefficient (Wildman–Crippen LogP) is 5.77. The van der Waals surface area contributed by atoms with Gasteiger partial charge in [0.2, 0.25) is 0 Å². The number of carbonyl (C=O) groups is 1. The van der Waals surface area contributed by atoms with Gasteiger partial charge in [0.25, 0.3) is 0 Å². The van der Waals surface area contributed by atoms with Gasteiger partial charge in [-0.3, -0.25) is 0 Å². The van der Waals surface area contributed by atoms with Crippen LogP contribution in [0.15, 0.2) is 84.9 Å². The van der Waals surface area contributed by atoms with E-state index in [1.165, 1.54) is 0 Å². The summed E-state index contributed by atoms with van der Waals surface area (Å²) in [6.45, 7) is 0. The lowest BCUT2D eigenvalue weighted by Gasteiger charge is -2.10. The zero-order valence-electron chi connectivity index (χ0n) is 13.7. The topological polar surface area (TPSA) is 39.2 Å². The highest BCUT2D eigenvalue weighted by Gasteiger charge is 2.16. The van der Waals surface area contributed by atoms with Crippen LogP contribution in [0.2, 0.25) is 5.02 Å². The molecular formula is C22H14ClNO2. The predicted molar refractivity (Wildman–Crippen MR) is 104 cm³/mol.